The molecule has 4 rings (SSSR count). The summed E-state index contributed by atoms with van der Waals surface area (Å²) in [7, 11) is 0. The monoisotopic (exact) mass is 400 g/mol. The van der Waals surface area contributed by atoms with Crippen LogP contribution in [0.2, 0.25) is 0 Å². The Balaban J connectivity index is 1.34. The van der Waals surface area contributed by atoms with E-state index < -0.39 is 0 Å². The van der Waals surface area contributed by atoms with Gasteiger partial charge in [-0.1, -0.05) is 32.8 Å². The first-order valence-corrected chi connectivity index (χ1v) is 11.5. The van der Waals surface area contributed by atoms with Crippen molar-refractivity contribution < 1.29 is 4.79 Å². The van der Waals surface area contributed by atoms with E-state index in [4.69, 9.17) is 0 Å². The van der Waals surface area contributed by atoms with Crippen LogP contribution >= 0.6 is 11.3 Å². The highest BCUT2D eigenvalue weighted by Crippen LogP contribution is 2.44. The molecule has 0 aromatic carbocycles. The molecule has 3 heterocycles. The fraction of sp³-hybridized carbons (Fsp3) is 0.636. The molecule has 1 saturated heterocycles. The molecular weight excluding hydrogens is 368 g/mol. The zero-order valence-corrected chi connectivity index (χ0v) is 18.0. The van der Waals surface area contributed by atoms with Crippen molar-refractivity contribution in [3.05, 3.63) is 40.6 Å². The summed E-state index contributed by atoms with van der Waals surface area (Å²) in [6.45, 7) is 10.0. The second-order valence-electron chi connectivity index (χ2n) is 8.53. The van der Waals surface area contributed by atoms with Crippen molar-refractivity contribution in [1.82, 2.24) is 19.4 Å². The number of rotatable bonds is 6. The predicted octanol–water partition coefficient (Wildman–Crippen LogP) is 3.72. The van der Waals surface area contributed by atoms with Crippen molar-refractivity contribution in [3.63, 3.8) is 0 Å². The molecule has 2 aromatic heterocycles. The van der Waals surface area contributed by atoms with Crippen LogP contribution in [0.5, 0.6) is 0 Å². The lowest BCUT2D eigenvalue weighted by Gasteiger charge is -2.39. The fourth-order valence-corrected chi connectivity index (χ4v) is 5.81. The molecule has 0 unspecified atom stereocenters. The molecule has 6 heteroatoms. The standard InChI is InChI=1S/C22H32N4OS/c1-18(2)20-23-9-10-25(20)14-11-24-12-15-26(16-13-24)21(27)22(7-3-4-8-22)19-6-5-17-28-19/h5-6,9-10,17-18H,3-4,7-8,11-16H2,1-2H3. The van der Waals surface area contributed by atoms with E-state index in [1.54, 1.807) is 11.3 Å². The van der Waals surface area contributed by atoms with Gasteiger partial charge in [-0.25, -0.2) is 4.98 Å². The molecule has 0 radical (unpaired) electrons. The van der Waals surface area contributed by atoms with Gasteiger partial charge in [0.2, 0.25) is 5.91 Å². The van der Waals surface area contributed by atoms with Gasteiger partial charge in [0.1, 0.15) is 5.82 Å². The van der Waals surface area contributed by atoms with Gasteiger partial charge in [0.25, 0.3) is 0 Å². The molecule has 1 aliphatic heterocycles. The first-order valence-electron chi connectivity index (χ1n) is 10.7. The van der Waals surface area contributed by atoms with Crippen molar-refractivity contribution in [2.45, 2.75) is 57.4 Å². The zero-order chi connectivity index (χ0) is 19.6. The Morgan fingerprint density at radius 1 is 1.18 bits per heavy atom. The summed E-state index contributed by atoms with van der Waals surface area (Å²) in [5.41, 5.74) is -0.237. The zero-order valence-electron chi connectivity index (χ0n) is 17.1. The van der Waals surface area contributed by atoms with E-state index in [2.05, 4.69) is 56.9 Å². The molecule has 1 amide bonds. The molecule has 0 N–H and O–H groups in total. The maximum atomic E-state index is 13.5. The van der Waals surface area contributed by atoms with Crippen LogP contribution in [0.25, 0.3) is 0 Å². The quantitative estimate of drug-likeness (QED) is 0.742. The van der Waals surface area contributed by atoms with Gasteiger partial charge in [-0.2, -0.15) is 0 Å². The average molecular weight is 401 g/mol. The van der Waals surface area contributed by atoms with E-state index in [0.29, 0.717) is 11.8 Å². The lowest BCUT2D eigenvalue weighted by molar-refractivity contribution is -0.139. The molecule has 0 bridgehead atoms. The molecule has 2 fully saturated rings. The Morgan fingerprint density at radius 3 is 2.57 bits per heavy atom. The highest BCUT2D eigenvalue weighted by atomic mass is 32.1. The minimum atomic E-state index is -0.237. The van der Waals surface area contributed by atoms with Crippen LogP contribution in [0.1, 0.15) is 56.2 Å². The molecule has 152 valence electrons. The highest BCUT2D eigenvalue weighted by molar-refractivity contribution is 7.10. The maximum Gasteiger partial charge on any atom is 0.234 e. The van der Waals surface area contributed by atoms with Crippen LogP contribution < -0.4 is 0 Å². The smallest absolute Gasteiger partial charge is 0.234 e. The molecular formula is C22H32N4OS. The lowest BCUT2D eigenvalue weighted by atomic mass is 9.82. The van der Waals surface area contributed by atoms with Crippen LogP contribution in [0.4, 0.5) is 0 Å². The van der Waals surface area contributed by atoms with Crippen LogP contribution in [0.15, 0.2) is 29.9 Å². The van der Waals surface area contributed by atoms with E-state index in [9.17, 15) is 4.79 Å². The summed E-state index contributed by atoms with van der Waals surface area (Å²) < 4.78 is 2.27. The van der Waals surface area contributed by atoms with E-state index in [0.717, 1.165) is 57.9 Å². The highest BCUT2D eigenvalue weighted by Gasteiger charge is 2.46. The van der Waals surface area contributed by atoms with Gasteiger partial charge in [0.15, 0.2) is 0 Å². The number of carbonyl (C=O) groups excluding carboxylic acids is 1. The maximum absolute atomic E-state index is 13.5. The van der Waals surface area contributed by atoms with Crippen LogP contribution in [-0.2, 0) is 16.8 Å². The number of aromatic nitrogens is 2. The Kier molecular flexibility index (Phi) is 5.88. The van der Waals surface area contributed by atoms with Gasteiger partial charge in [0, 0.05) is 62.5 Å². The minimum Gasteiger partial charge on any atom is -0.339 e. The second-order valence-corrected chi connectivity index (χ2v) is 9.48. The van der Waals surface area contributed by atoms with Gasteiger partial charge >= 0.3 is 0 Å². The van der Waals surface area contributed by atoms with Gasteiger partial charge in [-0.15, -0.1) is 11.3 Å². The van der Waals surface area contributed by atoms with Gasteiger partial charge in [-0.05, 0) is 24.3 Å². The van der Waals surface area contributed by atoms with E-state index in [1.807, 2.05) is 6.20 Å². The Hall–Kier alpha value is -1.66. The van der Waals surface area contributed by atoms with E-state index in [-0.39, 0.29) is 5.41 Å². The Morgan fingerprint density at radius 2 is 1.93 bits per heavy atom. The van der Waals surface area contributed by atoms with E-state index in [1.165, 1.54) is 17.7 Å². The molecule has 1 saturated carbocycles. The van der Waals surface area contributed by atoms with Crippen molar-refractivity contribution in [2.75, 3.05) is 32.7 Å². The molecule has 2 aromatic rings. The van der Waals surface area contributed by atoms with Crippen molar-refractivity contribution in [3.8, 4) is 0 Å². The summed E-state index contributed by atoms with van der Waals surface area (Å²) in [6.07, 6.45) is 8.37. The Labute approximate surface area is 172 Å². The molecule has 1 aliphatic carbocycles. The SMILES string of the molecule is CC(C)c1nccn1CCN1CCN(C(=O)C2(c3cccs3)CCCC2)CC1. The lowest BCUT2D eigenvalue weighted by Crippen LogP contribution is -2.54. The summed E-state index contributed by atoms with van der Waals surface area (Å²) in [5.74, 6) is 1.99. The topological polar surface area (TPSA) is 41.4 Å². The van der Waals surface area contributed by atoms with Crippen molar-refractivity contribution in [2.24, 2.45) is 0 Å². The number of nitrogens with zero attached hydrogens (tertiary/aromatic N) is 4. The van der Waals surface area contributed by atoms with Gasteiger partial charge < -0.3 is 9.47 Å². The third-order valence-corrected chi connectivity index (χ3v) is 7.51. The molecule has 5 nitrogen and oxygen atoms in total. The molecule has 0 atom stereocenters. The number of carbonyl (C=O) groups is 1. The summed E-state index contributed by atoms with van der Waals surface area (Å²) in [4.78, 5) is 23.9. The number of hydrogen-bond donors (Lipinski definition) is 0. The normalized spacial score (nSPS) is 20.2. The number of thiophene rings is 1. The minimum absolute atomic E-state index is 0.237. The second kappa shape index (κ2) is 8.37. The van der Waals surface area contributed by atoms with Crippen LogP contribution in [0, 0.1) is 0 Å². The van der Waals surface area contributed by atoms with Gasteiger partial charge in [0.05, 0.1) is 5.41 Å². The third kappa shape index (κ3) is 3.77. The predicted molar refractivity (Wildman–Crippen MR) is 114 cm³/mol. The number of imidazole rings is 1. The first-order chi connectivity index (χ1) is 13.6. The summed E-state index contributed by atoms with van der Waals surface area (Å²) in [5, 5.41) is 2.11. The van der Waals surface area contributed by atoms with E-state index >= 15 is 0 Å². The van der Waals surface area contributed by atoms with Gasteiger partial charge in [-0.3, -0.25) is 9.69 Å². The fourth-order valence-electron chi connectivity index (χ4n) is 4.83. The third-order valence-electron chi connectivity index (χ3n) is 6.44. The average Bonchev–Trinajstić information content (AvgIpc) is 3.47. The molecule has 2 aliphatic rings. The summed E-state index contributed by atoms with van der Waals surface area (Å²) >= 11 is 1.76. The largest absolute Gasteiger partial charge is 0.339 e. The Bertz CT molecular complexity index is 768. The first kappa shape index (κ1) is 19.6. The van der Waals surface area contributed by atoms with Crippen LogP contribution in [0.3, 0.4) is 0 Å². The summed E-state index contributed by atoms with van der Waals surface area (Å²) in [6, 6.07) is 4.26. The molecule has 28 heavy (non-hydrogen) atoms. The number of amides is 1. The van der Waals surface area contributed by atoms with Crippen molar-refractivity contribution in [1.29, 1.82) is 0 Å². The van der Waals surface area contributed by atoms with Crippen LogP contribution in [-0.4, -0.2) is 58.0 Å². The molecule has 0 spiro atoms. The number of piperazine rings is 1. The van der Waals surface area contributed by atoms with Crippen molar-refractivity contribution >= 4 is 17.2 Å². The number of hydrogen-bond acceptors (Lipinski definition) is 4.